The second kappa shape index (κ2) is 4.13. The van der Waals surface area contributed by atoms with E-state index in [9.17, 15) is 0 Å². The molecule has 0 amide bonds. The predicted octanol–water partition coefficient (Wildman–Crippen LogP) is 3.57. The van der Waals surface area contributed by atoms with E-state index in [0.29, 0.717) is 0 Å². The molecule has 80 valence electrons. The summed E-state index contributed by atoms with van der Waals surface area (Å²) < 4.78 is 0. The molecular formula is C16H16. The maximum absolute atomic E-state index is 2.28. The van der Waals surface area contributed by atoms with Crippen LogP contribution in [0.15, 0.2) is 48.5 Å². The Balaban J connectivity index is 1.97. The van der Waals surface area contributed by atoms with E-state index in [4.69, 9.17) is 0 Å². The van der Waals surface area contributed by atoms with Crippen molar-refractivity contribution in [1.29, 1.82) is 0 Å². The maximum Gasteiger partial charge on any atom is -0.0238 e. The minimum absolute atomic E-state index is 1.15. The van der Waals surface area contributed by atoms with Crippen LogP contribution in [0.3, 0.4) is 0 Å². The number of aryl methyl sites for hydroxylation is 4. The van der Waals surface area contributed by atoms with Gasteiger partial charge < -0.3 is 0 Å². The molecule has 0 heteroatoms. The summed E-state index contributed by atoms with van der Waals surface area (Å²) in [6, 6.07) is 18.2. The van der Waals surface area contributed by atoms with Crippen molar-refractivity contribution >= 4 is 0 Å². The molecule has 0 atom stereocenters. The van der Waals surface area contributed by atoms with Crippen molar-refractivity contribution in [3.05, 3.63) is 70.8 Å². The lowest BCUT2D eigenvalue weighted by molar-refractivity contribution is 0.921. The molecule has 0 saturated heterocycles. The zero-order chi connectivity index (χ0) is 10.8. The zero-order valence-electron chi connectivity index (χ0n) is 9.45. The van der Waals surface area contributed by atoms with Crippen LogP contribution in [-0.2, 0) is 25.7 Å². The molecule has 0 unspecified atom stereocenters. The average molecular weight is 208 g/mol. The zero-order valence-corrected chi connectivity index (χ0v) is 9.45. The summed E-state index contributed by atoms with van der Waals surface area (Å²) in [7, 11) is 0. The summed E-state index contributed by atoms with van der Waals surface area (Å²) >= 11 is 0. The Kier molecular flexibility index (Phi) is 2.49. The molecule has 0 radical (unpaired) electrons. The van der Waals surface area contributed by atoms with E-state index in [1.165, 1.54) is 22.3 Å². The molecule has 6 rings (SSSR count). The van der Waals surface area contributed by atoms with Gasteiger partial charge in [0.1, 0.15) is 0 Å². The third-order valence-corrected chi connectivity index (χ3v) is 3.45. The van der Waals surface area contributed by atoms with Gasteiger partial charge in [-0.3, -0.25) is 0 Å². The minimum atomic E-state index is 1.15. The van der Waals surface area contributed by atoms with Crippen LogP contribution < -0.4 is 0 Å². The molecule has 0 spiro atoms. The summed E-state index contributed by atoms with van der Waals surface area (Å²) in [6.45, 7) is 0. The Morgan fingerprint density at radius 1 is 0.375 bits per heavy atom. The lowest BCUT2D eigenvalue weighted by Gasteiger charge is -2.09. The van der Waals surface area contributed by atoms with Crippen LogP contribution in [-0.4, -0.2) is 0 Å². The van der Waals surface area contributed by atoms with Gasteiger partial charge >= 0.3 is 0 Å². The highest BCUT2D eigenvalue weighted by atomic mass is 14.1. The normalized spacial score (nSPS) is 14.5. The van der Waals surface area contributed by atoms with Crippen LogP contribution >= 0.6 is 0 Å². The van der Waals surface area contributed by atoms with Gasteiger partial charge in [-0.2, -0.15) is 0 Å². The number of hydrogen-bond acceptors (Lipinski definition) is 0. The van der Waals surface area contributed by atoms with Crippen molar-refractivity contribution in [2.45, 2.75) is 25.7 Å². The lowest BCUT2D eigenvalue weighted by atomic mass is 9.97. The van der Waals surface area contributed by atoms with E-state index in [-0.39, 0.29) is 0 Å². The Morgan fingerprint density at radius 2 is 0.562 bits per heavy atom. The highest BCUT2D eigenvalue weighted by Crippen LogP contribution is 2.14. The molecule has 0 N–H and O–H groups in total. The molecule has 2 aromatic carbocycles. The Bertz CT molecular complexity index is 369. The molecule has 0 saturated carbocycles. The maximum atomic E-state index is 2.28. The SMILES string of the molecule is c1cc2ccc1CCc1ccc(cc1)CC2. The van der Waals surface area contributed by atoms with Gasteiger partial charge in [0, 0.05) is 0 Å². The second-order valence-electron chi connectivity index (χ2n) is 4.63. The molecule has 4 bridgehead atoms. The molecular weight excluding hydrogens is 192 g/mol. The number of hydrogen-bond donors (Lipinski definition) is 0. The van der Waals surface area contributed by atoms with Crippen molar-refractivity contribution in [3.63, 3.8) is 0 Å². The van der Waals surface area contributed by atoms with E-state index in [1.54, 1.807) is 0 Å². The third kappa shape index (κ3) is 2.01. The van der Waals surface area contributed by atoms with Crippen molar-refractivity contribution in [2.24, 2.45) is 0 Å². The first-order chi connectivity index (χ1) is 7.90. The molecule has 0 nitrogen and oxygen atoms in total. The van der Waals surface area contributed by atoms with E-state index >= 15 is 0 Å². The first kappa shape index (κ1) is 9.65. The first-order valence-electron chi connectivity index (χ1n) is 6.06. The highest BCUT2D eigenvalue weighted by molar-refractivity contribution is 5.29. The van der Waals surface area contributed by atoms with Gasteiger partial charge in [-0.05, 0) is 47.9 Å². The average Bonchev–Trinajstić information content (AvgIpc) is 2.33. The second-order valence-corrected chi connectivity index (χ2v) is 4.63. The summed E-state index contributed by atoms with van der Waals surface area (Å²) in [4.78, 5) is 0. The Labute approximate surface area is 96.9 Å². The predicted molar refractivity (Wildman–Crippen MR) is 67.7 cm³/mol. The molecule has 16 heavy (non-hydrogen) atoms. The van der Waals surface area contributed by atoms with Crippen LogP contribution in [0.25, 0.3) is 0 Å². The summed E-state index contributed by atoms with van der Waals surface area (Å²) in [6.07, 6.45) is 4.61. The van der Waals surface area contributed by atoms with Gasteiger partial charge in [0.15, 0.2) is 0 Å². The molecule has 2 aromatic rings. The van der Waals surface area contributed by atoms with Crippen LogP contribution in [0.2, 0.25) is 0 Å². The number of benzene rings is 2. The fourth-order valence-electron chi connectivity index (χ4n) is 2.32. The third-order valence-electron chi connectivity index (χ3n) is 3.45. The van der Waals surface area contributed by atoms with Crippen LogP contribution in [0.1, 0.15) is 22.3 Å². The topological polar surface area (TPSA) is 0 Å². The van der Waals surface area contributed by atoms with Crippen LogP contribution in [0.4, 0.5) is 0 Å². The smallest absolute Gasteiger partial charge is 0.0238 e. The van der Waals surface area contributed by atoms with Crippen molar-refractivity contribution < 1.29 is 0 Å². The quantitative estimate of drug-likeness (QED) is 0.621. The van der Waals surface area contributed by atoms with Gasteiger partial charge in [0.2, 0.25) is 0 Å². The van der Waals surface area contributed by atoms with Crippen LogP contribution in [0, 0.1) is 0 Å². The van der Waals surface area contributed by atoms with Crippen molar-refractivity contribution in [2.75, 3.05) is 0 Å². The van der Waals surface area contributed by atoms with Gasteiger partial charge in [-0.25, -0.2) is 0 Å². The molecule has 0 aliphatic heterocycles. The summed E-state index contributed by atoms with van der Waals surface area (Å²) in [5.74, 6) is 0. The number of rotatable bonds is 0. The molecule has 4 aliphatic carbocycles. The Hall–Kier alpha value is -1.56. The standard InChI is InChI=1S/C16H16/c1-2-14-4-3-13(1)9-10-15-5-7-16(8-6-15)12-11-14/h1-8H,9-12H2. The Morgan fingerprint density at radius 3 is 0.750 bits per heavy atom. The van der Waals surface area contributed by atoms with Crippen molar-refractivity contribution in [3.8, 4) is 0 Å². The van der Waals surface area contributed by atoms with Gasteiger partial charge in [0.05, 0.1) is 0 Å². The molecule has 0 aromatic heterocycles. The van der Waals surface area contributed by atoms with Gasteiger partial charge in [-0.15, -0.1) is 0 Å². The minimum Gasteiger partial charge on any atom is -0.0588 e. The molecule has 0 fully saturated rings. The molecule has 0 heterocycles. The largest absolute Gasteiger partial charge is 0.0588 e. The monoisotopic (exact) mass is 208 g/mol. The van der Waals surface area contributed by atoms with Crippen molar-refractivity contribution in [1.82, 2.24) is 0 Å². The fraction of sp³-hybridized carbons (Fsp3) is 0.250. The van der Waals surface area contributed by atoms with Gasteiger partial charge in [-0.1, -0.05) is 48.5 Å². The van der Waals surface area contributed by atoms with E-state index in [2.05, 4.69) is 48.5 Å². The lowest BCUT2D eigenvalue weighted by Crippen LogP contribution is -1.97. The molecule has 4 aliphatic rings. The van der Waals surface area contributed by atoms with E-state index in [1.807, 2.05) is 0 Å². The van der Waals surface area contributed by atoms with Crippen LogP contribution in [0.5, 0.6) is 0 Å². The van der Waals surface area contributed by atoms with Gasteiger partial charge in [0.25, 0.3) is 0 Å². The highest BCUT2D eigenvalue weighted by Gasteiger charge is 2.01. The van der Waals surface area contributed by atoms with E-state index < -0.39 is 0 Å². The summed E-state index contributed by atoms with van der Waals surface area (Å²) in [5, 5.41) is 0. The first-order valence-corrected chi connectivity index (χ1v) is 6.06. The fourth-order valence-corrected chi connectivity index (χ4v) is 2.32. The van der Waals surface area contributed by atoms with E-state index in [0.717, 1.165) is 25.7 Å². The summed E-state index contributed by atoms with van der Waals surface area (Å²) in [5.41, 5.74) is 5.81.